The zero-order valence-corrected chi connectivity index (χ0v) is 19.6. The number of phenols is 1. The molecule has 0 bridgehead atoms. The van der Waals surface area contributed by atoms with Gasteiger partial charge in [0, 0.05) is 37.5 Å². The van der Waals surface area contributed by atoms with Crippen molar-refractivity contribution in [3.63, 3.8) is 0 Å². The number of imide groups is 1. The predicted octanol–water partition coefficient (Wildman–Crippen LogP) is 2.99. The van der Waals surface area contributed by atoms with Crippen LogP contribution in [0.1, 0.15) is 41.3 Å². The third kappa shape index (κ3) is 4.49. The van der Waals surface area contributed by atoms with Crippen molar-refractivity contribution in [1.29, 1.82) is 0 Å². The van der Waals surface area contributed by atoms with Gasteiger partial charge in [-0.05, 0) is 54.5 Å². The number of fused-ring (bicyclic) bond motifs is 1. The molecule has 1 unspecified atom stereocenters. The second kappa shape index (κ2) is 8.57. The standard InChI is InChI=1S/C17H18N4O2.C9H9NO2/c1-17(15(22)19-16(23)20-17)14-6-4-12(5-7-14)13-8-18-21(10-13)9-11-2-3-11;1-10-5-6-2-3-7(11)4-8(6)9(10)12/h4-8,10-11H,2-3,9H2,1H3,(H2,19,20,22,23);2-4,11H,5H2,1H3. The summed E-state index contributed by atoms with van der Waals surface area (Å²) in [5, 5.41) is 18.5. The minimum absolute atomic E-state index is 0.0131. The summed E-state index contributed by atoms with van der Waals surface area (Å²) in [5.74, 6) is 0.598. The van der Waals surface area contributed by atoms with E-state index < -0.39 is 11.6 Å². The van der Waals surface area contributed by atoms with E-state index in [4.69, 9.17) is 5.11 Å². The van der Waals surface area contributed by atoms with Crippen LogP contribution in [0.15, 0.2) is 54.9 Å². The molecule has 35 heavy (non-hydrogen) atoms. The second-order valence-electron chi connectivity index (χ2n) is 9.51. The Morgan fingerprint density at radius 3 is 2.49 bits per heavy atom. The van der Waals surface area contributed by atoms with E-state index in [1.807, 2.05) is 35.1 Å². The minimum atomic E-state index is -1.01. The summed E-state index contributed by atoms with van der Waals surface area (Å²) in [7, 11) is 1.75. The minimum Gasteiger partial charge on any atom is -0.508 e. The average Bonchev–Trinajstić information content (AvgIpc) is 3.35. The number of carbonyl (C=O) groups is 3. The summed E-state index contributed by atoms with van der Waals surface area (Å²) in [6.45, 7) is 3.34. The molecule has 9 nitrogen and oxygen atoms in total. The van der Waals surface area contributed by atoms with Gasteiger partial charge in [-0.15, -0.1) is 0 Å². The molecule has 9 heteroatoms. The first-order valence-electron chi connectivity index (χ1n) is 11.6. The Morgan fingerprint density at radius 1 is 1.09 bits per heavy atom. The van der Waals surface area contributed by atoms with Gasteiger partial charge < -0.3 is 15.3 Å². The number of urea groups is 1. The van der Waals surface area contributed by atoms with Crippen LogP contribution in [0.4, 0.5) is 4.79 Å². The van der Waals surface area contributed by atoms with Crippen LogP contribution in [0.2, 0.25) is 0 Å². The number of phenolic OH excluding ortho intramolecular Hbond substituents is 1. The smallest absolute Gasteiger partial charge is 0.322 e. The van der Waals surface area contributed by atoms with Crippen LogP contribution >= 0.6 is 0 Å². The molecule has 1 atom stereocenters. The number of amides is 4. The van der Waals surface area contributed by atoms with Gasteiger partial charge in [-0.2, -0.15) is 5.10 Å². The van der Waals surface area contributed by atoms with Crippen LogP contribution < -0.4 is 10.6 Å². The maximum absolute atomic E-state index is 12.0. The Balaban J connectivity index is 0.000000178. The number of carbonyl (C=O) groups excluding carboxylic acids is 3. The number of nitrogens with one attached hydrogen (secondary N) is 2. The summed E-state index contributed by atoms with van der Waals surface area (Å²) >= 11 is 0. The Labute approximate surface area is 202 Å². The summed E-state index contributed by atoms with van der Waals surface area (Å²) in [4.78, 5) is 36.3. The molecular formula is C26H27N5O4. The fraction of sp³-hybridized carbons (Fsp3) is 0.308. The summed E-state index contributed by atoms with van der Waals surface area (Å²) < 4.78 is 1.99. The molecule has 3 heterocycles. The molecule has 2 aliphatic heterocycles. The molecule has 1 saturated heterocycles. The third-order valence-corrected chi connectivity index (χ3v) is 6.69. The molecule has 4 amide bonds. The largest absolute Gasteiger partial charge is 0.508 e. The number of hydrogen-bond donors (Lipinski definition) is 3. The number of benzene rings is 2. The molecule has 3 aliphatic rings. The molecule has 6 rings (SSSR count). The van der Waals surface area contributed by atoms with Crippen molar-refractivity contribution in [1.82, 2.24) is 25.3 Å². The van der Waals surface area contributed by atoms with Gasteiger partial charge in [0.2, 0.25) is 0 Å². The molecule has 3 N–H and O–H groups in total. The van der Waals surface area contributed by atoms with E-state index in [0.29, 0.717) is 12.1 Å². The normalized spacial score (nSPS) is 20.7. The Kier molecular flexibility index (Phi) is 5.55. The van der Waals surface area contributed by atoms with E-state index in [-0.39, 0.29) is 17.6 Å². The predicted molar refractivity (Wildman–Crippen MR) is 128 cm³/mol. The zero-order valence-electron chi connectivity index (χ0n) is 19.6. The van der Waals surface area contributed by atoms with Gasteiger partial charge in [0.25, 0.3) is 11.8 Å². The highest BCUT2D eigenvalue weighted by Crippen LogP contribution is 2.31. The highest BCUT2D eigenvalue weighted by atomic mass is 16.3. The van der Waals surface area contributed by atoms with Gasteiger partial charge >= 0.3 is 6.03 Å². The Bertz CT molecular complexity index is 1310. The maximum atomic E-state index is 12.0. The highest BCUT2D eigenvalue weighted by Gasteiger charge is 2.43. The summed E-state index contributed by atoms with van der Waals surface area (Å²) in [6, 6.07) is 12.1. The molecule has 3 aromatic rings. The lowest BCUT2D eigenvalue weighted by Crippen LogP contribution is -2.40. The average molecular weight is 474 g/mol. The van der Waals surface area contributed by atoms with Crippen molar-refractivity contribution < 1.29 is 19.5 Å². The van der Waals surface area contributed by atoms with Gasteiger partial charge in [0.15, 0.2) is 0 Å². The molecule has 1 aliphatic carbocycles. The maximum Gasteiger partial charge on any atom is 0.322 e. The van der Waals surface area contributed by atoms with Crippen molar-refractivity contribution in [3.05, 3.63) is 71.5 Å². The lowest BCUT2D eigenvalue weighted by molar-refractivity contribution is -0.123. The van der Waals surface area contributed by atoms with Crippen molar-refractivity contribution in [2.75, 3.05) is 7.05 Å². The van der Waals surface area contributed by atoms with Crippen LogP contribution in [-0.4, -0.2) is 44.7 Å². The van der Waals surface area contributed by atoms with E-state index in [0.717, 1.165) is 34.7 Å². The quantitative estimate of drug-likeness (QED) is 0.504. The number of rotatable bonds is 4. The Morgan fingerprint density at radius 2 is 1.83 bits per heavy atom. The fourth-order valence-corrected chi connectivity index (χ4v) is 4.35. The summed E-state index contributed by atoms with van der Waals surface area (Å²) in [5.41, 5.74) is 3.46. The van der Waals surface area contributed by atoms with Gasteiger partial charge in [-0.1, -0.05) is 30.3 Å². The molecular weight excluding hydrogens is 446 g/mol. The lowest BCUT2D eigenvalue weighted by atomic mass is 9.91. The molecule has 180 valence electrons. The van der Waals surface area contributed by atoms with Crippen LogP contribution in [0.3, 0.4) is 0 Å². The molecule has 2 fully saturated rings. The van der Waals surface area contributed by atoms with Crippen molar-refractivity contribution in [2.45, 2.75) is 38.4 Å². The van der Waals surface area contributed by atoms with Gasteiger partial charge in [-0.3, -0.25) is 19.6 Å². The van der Waals surface area contributed by atoms with Crippen LogP contribution in [0.5, 0.6) is 5.75 Å². The van der Waals surface area contributed by atoms with Gasteiger partial charge in [0.1, 0.15) is 11.3 Å². The van der Waals surface area contributed by atoms with E-state index in [1.54, 1.807) is 31.0 Å². The molecule has 0 radical (unpaired) electrons. The topological polar surface area (TPSA) is 117 Å². The molecule has 2 aromatic carbocycles. The first-order valence-corrected chi connectivity index (χ1v) is 11.6. The first-order chi connectivity index (χ1) is 16.7. The number of aromatic nitrogens is 2. The second-order valence-corrected chi connectivity index (χ2v) is 9.51. The summed E-state index contributed by atoms with van der Waals surface area (Å²) in [6.07, 6.45) is 6.52. The Hall–Kier alpha value is -4.14. The monoisotopic (exact) mass is 473 g/mol. The third-order valence-electron chi connectivity index (χ3n) is 6.69. The van der Waals surface area contributed by atoms with E-state index in [9.17, 15) is 14.4 Å². The van der Waals surface area contributed by atoms with Crippen molar-refractivity contribution in [2.24, 2.45) is 5.92 Å². The van der Waals surface area contributed by atoms with Crippen molar-refractivity contribution >= 4 is 17.8 Å². The van der Waals surface area contributed by atoms with E-state index >= 15 is 0 Å². The van der Waals surface area contributed by atoms with Crippen LogP contribution in [0, 0.1) is 5.92 Å². The molecule has 1 saturated carbocycles. The number of aromatic hydroxyl groups is 1. The van der Waals surface area contributed by atoms with Crippen LogP contribution in [-0.2, 0) is 23.4 Å². The molecule has 1 aromatic heterocycles. The van der Waals surface area contributed by atoms with Gasteiger partial charge in [0.05, 0.1) is 6.20 Å². The zero-order chi connectivity index (χ0) is 24.7. The first kappa shape index (κ1) is 22.6. The number of hydrogen-bond acceptors (Lipinski definition) is 5. The van der Waals surface area contributed by atoms with E-state index in [1.165, 1.54) is 18.9 Å². The van der Waals surface area contributed by atoms with E-state index in [2.05, 4.69) is 21.9 Å². The highest BCUT2D eigenvalue weighted by molar-refractivity contribution is 6.07. The fourth-order valence-electron chi connectivity index (χ4n) is 4.35. The van der Waals surface area contributed by atoms with Gasteiger partial charge in [-0.25, -0.2) is 4.79 Å². The SMILES string of the molecule is CC1(c2ccc(-c3cnn(CC4CC4)c3)cc2)NC(=O)NC1=O.CN1Cc2ccc(O)cc2C1=O. The number of nitrogens with zero attached hydrogens (tertiary/aromatic N) is 3. The van der Waals surface area contributed by atoms with Crippen molar-refractivity contribution in [3.8, 4) is 16.9 Å². The molecule has 0 spiro atoms. The van der Waals surface area contributed by atoms with Crippen LogP contribution in [0.25, 0.3) is 11.1 Å². The lowest BCUT2D eigenvalue weighted by Gasteiger charge is -2.21.